The van der Waals surface area contributed by atoms with Gasteiger partial charge in [-0.3, -0.25) is 9.42 Å². The van der Waals surface area contributed by atoms with Crippen LogP contribution in [0.15, 0.2) is 24.6 Å². The van der Waals surface area contributed by atoms with E-state index in [4.69, 9.17) is 13.8 Å². The molecule has 3 aliphatic heterocycles. The largest absolute Gasteiger partial charge is 0.461 e. The Morgan fingerprint density at radius 1 is 1.46 bits per heavy atom. The quantitative estimate of drug-likeness (QED) is 0.734. The monoisotopic (exact) mass is 357 g/mol. The highest BCUT2D eigenvalue weighted by Gasteiger charge is 2.44. The van der Waals surface area contributed by atoms with Crippen LogP contribution in [0.25, 0.3) is 0 Å². The summed E-state index contributed by atoms with van der Waals surface area (Å²) in [6.07, 6.45) is 3.10. The van der Waals surface area contributed by atoms with Crippen LogP contribution in [0.3, 0.4) is 0 Å². The van der Waals surface area contributed by atoms with E-state index in [1.165, 1.54) is 4.90 Å². The molecule has 10 heteroatoms. The van der Waals surface area contributed by atoms with Gasteiger partial charge in [0.05, 0.1) is 12.7 Å². The number of nitrogens with one attached hydrogen (secondary N) is 2. The molecule has 0 radical (unpaired) electrons. The van der Waals surface area contributed by atoms with Crippen LogP contribution in [0.4, 0.5) is 4.79 Å². The highest BCUT2D eigenvalue weighted by atomic mass is 31.2. The Morgan fingerprint density at radius 3 is 2.83 bits per heavy atom. The maximum Gasteiger partial charge on any atom is 0.461 e. The minimum Gasteiger partial charge on any atom is -0.379 e. The zero-order chi connectivity index (χ0) is 17.5. The average Bonchev–Trinajstić information content (AvgIpc) is 2.98. The van der Waals surface area contributed by atoms with Crippen molar-refractivity contribution in [2.75, 3.05) is 6.61 Å². The van der Waals surface area contributed by atoms with E-state index in [1.54, 1.807) is 19.2 Å². The molecule has 0 aliphatic carbocycles. The summed E-state index contributed by atoms with van der Waals surface area (Å²) in [6, 6.07) is -0.976. The molecule has 3 aliphatic rings. The maximum atomic E-state index is 12.2. The lowest BCUT2D eigenvalue weighted by atomic mass is 10.1. The van der Waals surface area contributed by atoms with E-state index in [2.05, 4.69) is 17.0 Å². The van der Waals surface area contributed by atoms with Crippen molar-refractivity contribution in [3.8, 4) is 0 Å². The van der Waals surface area contributed by atoms with Gasteiger partial charge in [-0.15, -0.1) is 0 Å². The fraction of sp³-hybridized carbons (Fsp3) is 0.571. The second-order valence-electron chi connectivity index (χ2n) is 6.09. The summed E-state index contributed by atoms with van der Waals surface area (Å²) in [4.78, 5) is 24.8. The molecule has 0 bridgehead atoms. The lowest BCUT2D eigenvalue weighted by molar-refractivity contribution is -0.134. The smallest absolute Gasteiger partial charge is 0.379 e. The number of carbonyl (C=O) groups excluding carboxylic acids is 2. The fourth-order valence-corrected chi connectivity index (χ4v) is 4.32. The molecule has 2 fully saturated rings. The molecular formula is C14H20N3O6P. The van der Waals surface area contributed by atoms with E-state index in [0.29, 0.717) is 12.1 Å². The molecule has 24 heavy (non-hydrogen) atoms. The van der Waals surface area contributed by atoms with E-state index in [9.17, 15) is 14.2 Å². The molecule has 132 valence electrons. The number of hydrogen-bond donors (Lipinski definition) is 2. The molecule has 0 spiro atoms. The van der Waals surface area contributed by atoms with Gasteiger partial charge in [-0.25, -0.2) is 14.2 Å². The molecule has 0 aromatic rings. The number of ether oxygens (including phenoxy) is 1. The first-order valence-corrected chi connectivity index (χ1v) is 9.19. The first-order chi connectivity index (χ1) is 11.3. The van der Waals surface area contributed by atoms with Crippen molar-refractivity contribution in [1.82, 2.24) is 15.3 Å². The third kappa shape index (κ3) is 3.39. The molecule has 2 saturated heterocycles. The van der Waals surface area contributed by atoms with Gasteiger partial charge in [0.2, 0.25) is 0 Å². The summed E-state index contributed by atoms with van der Waals surface area (Å²) in [6.45, 7) is 7.16. The van der Waals surface area contributed by atoms with Crippen LogP contribution in [0, 0.1) is 5.92 Å². The van der Waals surface area contributed by atoms with Crippen LogP contribution in [0.5, 0.6) is 0 Å². The predicted octanol–water partition coefficient (Wildman–Crippen LogP) is 1.45. The number of nitrogens with zero attached hydrogens (tertiary/aromatic N) is 1. The normalized spacial score (nSPS) is 39.2. The van der Waals surface area contributed by atoms with Crippen molar-refractivity contribution < 1.29 is 27.9 Å². The van der Waals surface area contributed by atoms with E-state index in [0.717, 1.165) is 0 Å². The summed E-state index contributed by atoms with van der Waals surface area (Å²) >= 11 is 0. The zero-order valence-corrected chi connectivity index (χ0v) is 14.3. The Morgan fingerprint density at radius 2 is 2.21 bits per heavy atom. The van der Waals surface area contributed by atoms with Crippen molar-refractivity contribution in [2.45, 2.75) is 38.6 Å². The molecule has 2 amide bonds. The Balaban J connectivity index is 1.57. The van der Waals surface area contributed by atoms with Gasteiger partial charge in [0, 0.05) is 17.8 Å². The van der Waals surface area contributed by atoms with Crippen LogP contribution in [-0.2, 0) is 23.1 Å². The summed E-state index contributed by atoms with van der Waals surface area (Å²) in [5.41, 5.74) is 0.517. The van der Waals surface area contributed by atoms with Crippen molar-refractivity contribution in [1.29, 1.82) is 0 Å². The van der Waals surface area contributed by atoms with Crippen LogP contribution in [-0.4, -0.2) is 41.9 Å². The average molecular weight is 357 g/mol. The van der Waals surface area contributed by atoms with E-state index in [-0.39, 0.29) is 24.7 Å². The topological polar surface area (TPSA) is 106 Å². The first kappa shape index (κ1) is 17.2. The molecule has 5 atom stereocenters. The molecular weight excluding hydrogens is 337 g/mol. The number of rotatable bonds is 4. The molecule has 0 saturated carbocycles. The number of hydrogen-bond acceptors (Lipinski definition) is 6. The SMILES string of the molecule is C=C1C=CN(C2OC(COP3(=O)N[C@@H](C)C(=O)O3)CC2C)C(=O)N1. The van der Waals surface area contributed by atoms with Gasteiger partial charge in [0.25, 0.3) is 0 Å². The third-order valence-corrected chi connectivity index (χ3v) is 5.62. The van der Waals surface area contributed by atoms with Gasteiger partial charge in [-0.05, 0) is 19.4 Å². The lowest BCUT2D eigenvalue weighted by Crippen LogP contribution is -2.46. The second kappa shape index (κ2) is 6.33. The number of amides is 2. The van der Waals surface area contributed by atoms with Crippen molar-refractivity contribution in [3.63, 3.8) is 0 Å². The Kier molecular flexibility index (Phi) is 4.52. The fourth-order valence-electron chi connectivity index (χ4n) is 2.81. The molecule has 3 heterocycles. The minimum atomic E-state index is -3.62. The van der Waals surface area contributed by atoms with Crippen molar-refractivity contribution in [3.05, 3.63) is 24.6 Å². The summed E-state index contributed by atoms with van der Waals surface area (Å²) in [5, 5.41) is 5.13. The molecule has 0 aromatic heterocycles. The zero-order valence-electron chi connectivity index (χ0n) is 13.4. The summed E-state index contributed by atoms with van der Waals surface area (Å²) < 4.78 is 28.1. The third-order valence-electron chi connectivity index (χ3n) is 4.01. The van der Waals surface area contributed by atoms with Gasteiger partial charge in [0.1, 0.15) is 12.3 Å². The molecule has 4 unspecified atom stereocenters. The van der Waals surface area contributed by atoms with Crippen LogP contribution < -0.4 is 10.4 Å². The van der Waals surface area contributed by atoms with Gasteiger partial charge in [0.15, 0.2) is 0 Å². The summed E-state index contributed by atoms with van der Waals surface area (Å²) in [5.74, 6) is -0.549. The maximum absolute atomic E-state index is 12.2. The lowest BCUT2D eigenvalue weighted by Gasteiger charge is -2.30. The van der Waals surface area contributed by atoms with Gasteiger partial charge < -0.3 is 14.6 Å². The summed E-state index contributed by atoms with van der Waals surface area (Å²) in [7, 11) is -3.62. The predicted molar refractivity (Wildman–Crippen MR) is 83.3 cm³/mol. The highest BCUT2D eigenvalue weighted by molar-refractivity contribution is 7.52. The minimum absolute atomic E-state index is 0.00298. The Bertz CT molecular complexity index is 650. The number of carbonyl (C=O) groups is 2. The van der Waals surface area contributed by atoms with Crippen molar-refractivity contribution in [2.24, 2.45) is 5.92 Å². The van der Waals surface area contributed by atoms with Crippen molar-refractivity contribution >= 4 is 19.7 Å². The molecule has 0 aromatic carbocycles. The van der Waals surface area contributed by atoms with E-state index < -0.39 is 26.0 Å². The second-order valence-corrected chi connectivity index (χ2v) is 7.79. The standard InChI is InChI=1S/C14H20N3O6P/c1-8-6-11(7-21-24(20)16-10(3)13(18)23-24)22-12(8)17-5-4-9(2)15-14(17)19/h4-5,8,10-12H,2,6-7H2,1,3H3,(H,15,19)(H,16,20)/t8?,10-,11?,12?,24?/m0/s1. The van der Waals surface area contributed by atoms with Gasteiger partial charge >= 0.3 is 19.7 Å². The Hall–Kier alpha value is -1.67. The van der Waals surface area contributed by atoms with Gasteiger partial charge in [-0.1, -0.05) is 13.5 Å². The van der Waals surface area contributed by atoms with E-state index >= 15 is 0 Å². The molecule has 2 N–H and O–H groups in total. The molecule has 3 rings (SSSR count). The number of urea groups is 1. The van der Waals surface area contributed by atoms with Crippen LogP contribution >= 0.6 is 7.75 Å². The van der Waals surface area contributed by atoms with Gasteiger partial charge in [-0.2, -0.15) is 5.09 Å². The number of allylic oxidation sites excluding steroid dienone is 1. The highest BCUT2D eigenvalue weighted by Crippen LogP contribution is 2.49. The van der Waals surface area contributed by atoms with Crippen LogP contribution in [0.1, 0.15) is 20.3 Å². The Labute approximate surface area is 139 Å². The molecule has 9 nitrogen and oxygen atoms in total. The van der Waals surface area contributed by atoms with E-state index in [1.807, 2.05) is 6.92 Å². The first-order valence-electron chi connectivity index (χ1n) is 7.65. The van der Waals surface area contributed by atoms with Crippen LogP contribution in [0.2, 0.25) is 0 Å².